The van der Waals surface area contributed by atoms with Crippen LogP contribution in [-0.4, -0.2) is 0 Å². The van der Waals surface area contributed by atoms with Crippen LogP contribution in [0.4, 0.5) is 11.4 Å². The smallest absolute Gasteiger partial charge is 0.0652 e. The Morgan fingerprint density at radius 3 is 2.24 bits per heavy atom. The van der Waals surface area contributed by atoms with E-state index < -0.39 is 42.3 Å². The van der Waals surface area contributed by atoms with Crippen LogP contribution in [0.3, 0.4) is 0 Å². The van der Waals surface area contributed by atoms with Crippen molar-refractivity contribution in [1.82, 2.24) is 0 Å². The summed E-state index contributed by atoms with van der Waals surface area (Å²) in [4.78, 5) is 0. The fraction of sp³-hybridized carbons (Fsp3) is 0. The molecule has 0 aliphatic carbocycles. The molecule has 0 aromatic heterocycles. The zero-order valence-electron chi connectivity index (χ0n) is 22.0. The van der Waals surface area contributed by atoms with Crippen molar-refractivity contribution in [2.24, 2.45) is 0 Å². The maximum Gasteiger partial charge on any atom is 0.0652 e. The third-order valence-corrected chi connectivity index (χ3v) is 4.14. The fourth-order valence-corrected chi connectivity index (χ4v) is 2.97. The van der Waals surface area contributed by atoms with Crippen LogP contribution < -0.4 is 5.32 Å². The second-order valence-corrected chi connectivity index (χ2v) is 5.69. The van der Waals surface area contributed by atoms with Gasteiger partial charge in [0.05, 0.1) is 12.3 Å². The first kappa shape index (κ1) is 7.71. The highest BCUT2D eigenvalue weighted by Crippen LogP contribution is 2.34. The maximum atomic E-state index is 8.87. The van der Waals surface area contributed by atoms with Crippen LogP contribution in [0, 0.1) is 0 Å². The van der Waals surface area contributed by atoms with Gasteiger partial charge >= 0.3 is 0 Å². The first-order valence-electron chi connectivity index (χ1n) is 12.3. The van der Waals surface area contributed by atoms with E-state index in [9.17, 15) is 0 Å². The molecule has 1 nitrogen and oxygen atoms in total. The molecule has 0 aliphatic heterocycles. The number of anilines is 2. The maximum absolute atomic E-state index is 8.87. The van der Waals surface area contributed by atoms with Crippen LogP contribution in [0.2, 0.25) is 0 Å². The van der Waals surface area contributed by atoms with Gasteiger partial charge in [-0.05, 0) is 45.1 Å². The van der Waals surface area contributed by atoms with E-state index in [1.165, 1.54) is 0 Å². The van der Waals surface area contributed by atoms with E-state index in [4.69, 9.17) is 12.3 Å². The van der Waals surface area contributed by atoms with Crippen molar-refractivity contribution in [1.29, 1.82) is 0 Å². The summed E-state index contributed by atoms with van der Waals surface area (Å²) < 4.78 is 75.2. The summed E-state index contributed by atoms with van der Waals surface area (Å²) in [6, 6.07) is 9.18. The van der Waals surface area contributed by atoms with Crippen molar-refractivity contribution in [2.75, 3.05) is 5.32 Å². The number of fused-ring (bicyclic) bond motifs is 4. The lowest BCUT2D eigenvalue weighted by Crippen LogP contribution is -1.92. The molecule has 25 heavy (non-hydrogen) atoms. The minimum atomic E-state index is -0.527. The van der Waals surface area contributed by atoms with Gasteiger partial charge in [-0.3, -0.25) is 0 Å². The van der Waals surface area contributed by atoms with Crippen LogP contribution in [-0.2, 0) is 0 Å². The van der Waals surface area contributed by atoms with Gasteiger partial charge < -0.3 is 5.32 Å². The number of benzene rings is 5. The van der Waals surface area contributed by atoms with Crippen molar-refractivity contribution in [3.8, 4) is 0 Å². The number of nitrogens with one attached hydrogen (secondary N) is 1. The highest BCUT2D eigenvalue weighted by Gasteiger charge is 2.06. The van der Waals surface area contributed by atoms with Crippen LogP contribution >= 0.6 is 0 Å². The largest absolute Gasteiger partial charge is 0.355 e. The summed E-state index contributed by atoms with van der Waals surface area (Å²) in [5, 5.41) is 4.78. The predicted molar refractivity (Wildman–Crippen MR) is 109 cm³/mol. The zero-order chi connectivity index (χ0) is 24.5. The molecule has 118 valence electrons. The third kappa shape index (κ3) is 2.41. The zero-order valence-corrected chi connectivity index (χ0v) is 13.0. The van der Waals surface area contributed by atoms with Gasteiger partial charge in [0.1, 0.15) is 0 Å². The molecule has 1 N–H and O–H groups in total. The molecule has 0 aliphatic rings. The molecule has 5 aromatic rings. The normalized spacial score (nSPS) is 16.2. The van der Waals surface area contributed by atoms with Crippen molar-refractivity contribution in [3.63, 3.8) is 0 Å². The summed E-state index contributed by atoms with van der Waals surface area (Å²) >= 11 is 0. The van der Waals surface area contributed by atoms with E-state index in [2.05, 4.69) is 5.32 Å². The molecule has 0 saturated heterocycles. The van der Waals surface area contributed by atoms with E-state index in [1.807, 2.05) is 36.4 Å². The van der Waals surface area contributed by atoms with Gasteiger partial charge in [-0.1, -0.05) is 78.7 Å². The summed E-state index contributed by atoms with van der Waals surface area (Å²) in [6.07, 6.45) is 0. The SMILES string of the molecule is [2H]c1c([2H])c([2H])c2c(c1[2H])c([2H])c(Nc1ccc3ccccc3c1)c1c([2H])c([2H])c([2H])c([2H])c12. The fourth-order valence-electron chi connectivity index (χ4n) is 2.97. The highest BCUT2D eigenvalue weighted by atomic mass is 14.9. The van der Waals surface area contributed by atoms with Gasteiger partial charge in [0.15, 0.2) is 0 Å². The molecule has 0 unspecified atom stereocenters. The van der Waals surface area contributed by atoms with E-state index in [0.717, 1.165) is 10.8 Å². The monoisotopic (exact) mass is 328 g/mol. The minimum Gasteiger partial charge on any atom is -0.355 e. The average molecular weight is 328 g/mol. The summed E-state index contributed by atoms with van der Waals surface area (Å²) in [7, 11) is 0. The Hall–Kier alpha value is -3.32. The van der Waals surface area contributed by atoms with Crippen LogP contribution in [0.25, 0.3) is 32.3 Å². The summed E-state index contributed by atoms with van der Waals surface area (Å²) in [5.41, 5.74) is 0.621. The Labute approximate surface area is 159 Å². The molecule has 0 spiro atoms. The van der Waals surface area contributed by atoms with E-state index in [1.54, 1.807) is 6.07 Å². The standard InChI is InChI=1S/C24H17N/c1-2-8-18-15-20(14-13-17(18)7-1)25-24-16-19-9-3-4-10-21(19)22-11-5-6-12-23(22)24/h1-16,25H/i3D,4D,5D,6D,9D,10D,11D,12D,16D. The molecule has 0 saturated carbocycles. The Morgan fingerprint density at radius 1 is 0.640 bits per heavy atom. The van der Waals surface area contributed by atoms with Gasteiger partial charge in [0, 0.05) is 16.8 Å². The molecule has 0 radical (unpaired) electrons. The first-order valence-corrected chi connectivity index (χ1v) is 7.82. The number of rotatable bonds is 2. The second-order valence-electron chi connectivity index (χ2n) is 5.69. The Balaban J connectivity index is 1.96. The van der Waals surface area contributed by atoms with Gasteiger partial charge in [0.25, 0.3) is 0 Å². The summed E-state index contributed by atoms with van der Waals surface area (Å²) in [6.45, 7) is 0. The number of hydrogen-bond donors (Lipinski definition) is 1. The quantitative estimate of drug-likeness (QED) is 0.348. The van der Waals surface area contributed by atoms with E-state index in [0.29, 0.717) is 5.69 Å². The van der Waals surface area contributed by atoms with Crippen LogP contribution in [0.5, 0.6) is 0 Å². The molecule has 5 aromatic carbocycles. The van der Waals surface area contributed by atoms with Gasteiger partial charge in [-0.2, -0.15) is 0 Å². The molecular weight excluding hydrogens is 302 g/mol. The molecule has 0 atom stereocenters. The molecule has 0 heterocycles. The minimum absolute atomic E-state index is 0.00156. The molecule has 5 rings (SSSR count). The van der Waals surface area contributed by atoms with Gasteiger partial charge in [-0.15, -0.1) is 0 Å². The van der Waals surface area contributed by atoms with Crippen molar-refractivity contribution >= 4 is 43.7 Å². The van der Waals surface area contributed by atoms with E-state index in [-0.39, 0.29) is 39.3 Å². The predicted octanol–water partition coefficient (Wildman–Crippen LogP) is 6.89. The lowest BCUT2D eigenvalue weighted by atomic mass is 10.00. The molecular formula is C24H17N. The molecule has 0 fully saturated rings. The molecule has 1 heteroatoms. The Kier molecular flexibility index (Phi) is 1.74. The molecule has 0 bridgehead atoms. The van der Waals surface area contributed by atoms with Crippen molar-refractivity contribution in [3.05, 3.63) is 96.8 Å². The summed E-state index contributed by atoms with van der Waals surface area (Å²) in [5.74, 6) is 0. The van der Waals surface area contributed by atoms with Crippen molar-refractivity contribution in [2.45, 2.75) is 0 Å². The second kappa shape index (κ2) is 5.64. The number of hydrogen-bond acceptors (Lipinski definition) is 1. The third-order valence-electron chi connectivity index (χ3n) is 4.14. The van der Waals surface area contributed by atoms with Crippen LogP contribution in [0.15, 0.2) is 96.8 Å². The van der Waals surface area contributed by atoms with Crippen molar-refractivity contribution < 1.29 is 12.3 Å². The van der Waals surface area contributed by atoms with E-state index >= 15 is 0 Å². The topological polar surface area (TPSA) is 12.0 Å². The lowest BCUT2D eigenvalue weighted by molar-refractivity contribution is 1.61. The highest BCUT2D eigenvalue weighted by molar-refractivity contribution is 6.13. The van der Waals surface area contributed by atoms with Gasteiger partial charge in [-0.25, -0.2) is 0 Å². The Morgan fingerprint density at radius 2 is 1.36 bits per heavy atom. The Bertz CT molecular complexity index is 1680. The molecule has 0 amide bonds. The lowest BCUT2D eigenvalue weighted by Gasteiger charge is -2.13. The van der Waals surface area contributed by atoms with Gasteiger partial charge in [0.2, 0.25) is 0 Å². The average Bonchev–Trinajstić information content (AvgIpc) is 2.84. The first-order chi connectivity index (χ1) is 16.1. The van der Waals surface area contributed by atoms with Crippen LogP contribution in [0.1, 0.15) is 12.3 Å².